The average molecular weight is 370 g/mol. The van der Waals surface area contributed by atoms with Crippen LogP contribution in [0.15, 0.2) is 54.6 Å². The molecule has 1 saturated heterocycles. The second kappa shape index (κ2) is 9.28. The first kappa shape index (κ1) is 19.0. The van der Waals surface area contributed by atoms with Gasteiger partial charge in [-0.05, 0) is 36.2 Å². The van der Waals surface area contributed by atoms with Crippen LogP contribution in [0.1, 0.15) is 34.9 Å². The van der Waals surface area contributed by atoms with Crippen LogP contribution in [0.3, 0.4) is 0 Å². The van der Waals surface area contributed by atoms with Crippen molar-refractivity contribution in [3.8, 4) is 0 Å². The topological polar surface area (TPSA) is 58.6 Å². The van der Waals surface area contributed by atoms with E-state index in [0.717, 1.165) is 5.56 Å². The number of ether oxygens (including phenoxy) is 1. The number of morpholine rings is 1. The molecule has 2 aromatic rings. The molecule has 6 heteroatoms. The first-order valence-electron chi connectivity index (χ1n) is 9.11. The molecule has 0 bridgehead atoms. The Morgan fingerprint density at radius 1 is 1.11 bits per heavy atom. The Bertz CT molecular complexity index is 765. The molecule has 1 atom stereocenters. The second-order valence-corrected chi connectivity index (χ2v) is 6.48. The van der Waals surface area contributed by atoms with Gasteiger partial charge >= 0.3 is 0 Å². The van der Waals surface area contributed by atoms with Crippen molar-refractivity contribution in [2.75, 3.05) is 26.2 Å². The third-order valence-corrected chi connectivity index (χ3v) is 4.55. The smallest absolute Gasteiger partial charge is 0.251 e. The van der Waals surface area contributed by atoms with Crippen LogP contribution in [0.25, 0.3) is 0 Å². The lowest BCUT2D eigenvalue weighted by Gasteiger charge is -2.33. The van der Waals surface area contributed by atoms with Crippen LogP contribution in [0, 0.1) is 5.82 Å². The highest BCUT2D eigenvalue weighted by atomic mass is 19.1. The van der Waals surface area contributed by atoms with Gasteiger partial charge in [0.1, 0.15) is 11.9 Å². The van der Waals surface area contributed by atoms with E-state index in [2.05, 4.69) is 5.32 Å². The van der Waals surface area contributed by atoms with Crippen molar-refractivity contribution in [3.05, 3.63) is 71.5 Å². The van der Waals surface area contributed by atoms with Gasteiger partial charge in [0, 0.05) is 25.1 Å². The van der Waals surface area contributed by atoms with Crippen molar-refractivity contribution in [2.24, 2.45) is 0 Å². The van der Waals surface area contributed by atoms with E-state index in [4.69, 9.17) is 4.74 Å². The lowest BCUT2D eigenvalue weighted by atomic mass is 10.1. The number of amides is 2. The highest BCUT2D eigenvalue weighted by Gasteiger charge is 2.24. The highest BCUT2D eigenvalue weighted by molar-refractivity contribution is 5.94. The molecular weight excluding hydrogens is 347 g/mol. The van der Waals surface area contributed by atoms with Crippen molar-refractivity contribution in [2.45, 2.75) is 18.9 Å². The summed E-state index contributed by atoms with van der Waals surface area (Å²) in [5, 5.41) is 2.75. The Kier molecular flexibility index (Phi) is 6.54. The molecule has 1 aliphatic heterocycles. The lowest BCUT2D eigenvalue weighted by Crippen LogP contribution is -2.42. The number of halogens is 1. The quantitative estimate of drug-likeness (QED) is 0.796. The summed E-state index contributed by atoms with van der Waals surface area (Å²) in [6.45, 7) is 2.05. The fraction of sp³-hybridized carbons (Fsp3) is 0.333. The fourth-order valence-electron chi connectivity index (χ4n) is 3.05. The first-order chi connectivity index (χ1) is 13.1. The Labute approximate surface area is 158 Å². The van der Waals surface area contributed by atoms with Crippen LogP contribution in [0.2, 0.25) is 0 Å². The van der Waals surface area contributed by atoms with Gasteiger partial charge in [0.15, 0.2) is 0 Å². The largest absolute Gasteiger partial charge is 0.370 e. The predicted molar refractivity (Wildman–Crippen MR) is 99.7 cm³/mol. The number of carbonyl (C=O) groups is 2. The van der Waals surface area contributed by atoms with Crippen LogP contribution < -0.4 is 5.32 Å². The summed E-state index contributed by atoms with van der Waals surface area (Å²) in [6.07, 6.45) is 0.826. The first-order valence-corrected chi connectivity index (χ1v) is 9.11. The summed E-state index contributed by atoms with van der Waals surface area (Å²) in [6, 6.07) is 15.3. The van der Waals surface area contributed by atoms with E-state index >= 15 is 0 Å². The molecule has 0 aromatic heterocycles. The van der Waals surface area contributed by atoms with Gasteiger partial charge < -0.3 is 15.0 Å². The molecule has 1 heterocycles. The van der Waals surface area contributed by atoms with Gasteiger partial charge in [-0.15, -0.1) is 0 Å². The summed E-state index contributed by atoms with van der Waals surface area (Å²) in [5.74, 6) is -0.579. The molecule has 5 nitrogen and oxygen atoms in total. The van der Waals surface area contributed by atoms with Crippen molar-refractivity contribution in [1.82, 2.24) is 10.2 Å². The van der Waals surface area contributed by atoms with E-state index in [1.165, 1.54) is 24.3 Å². The average Bonchev–Trinajstić information content (AvgIpc) is 2.72. The number of hydrogen-bond donors (Lipinski definition) is 1. The summed E-state index contributed by atoms with van der Waals surface area (Å²) >= 11 is 0. The molecule has 0 aliphatic carbocycles. The van der Waals surface area contributed by atoms with Crippen LogP contribution in [0.4, 0.5) is 4.39 Å². The van der Waals surface area contributed by atoms with E-state index in [1.54, 1.807) is 0 Å². The van der Waals surface area contributed by atoms with E-state index in [-0.39, 0.29) is 23.7 Å². The molecule has 1 unspecified atom stereocenters. The molecule has 1 N–H and O–H groups in total. The lowest BCUT2D eigenvalue weighted by molar-refractivity contribution is -0.139. The minimum Gasteiger partial charge on any atom is -0.370 e. The molecule has 1 aliphatic rings. The predicted octanol–water partition coefficient (Wildman–Crippen LogP) is 2.94. The molecule has 142 valence electrons. The highest BCUT2D eigenvalue weighted by Crippen LogP contribution is 2.22. The number of nitrogens with one attached hydrogen (secondary N) is 1. The molecular formula is C21H23FN2O3. The zero-order valence-corrected chi connectivity index (χ0v) is 15.1. The maximum atomic E-state index is 12.9. The summed E-state index contributed by atoms with van der Waals surface area (Å²) in [5.41, 5.74) is 1.48. The van der Waals surface area contributed by atoms with Crippen molar-refractivity contribution in [3.63, 3.8) is 0 Å². The Hall–Kier alpha value is -2.73. The Morgan fingerprint density at radius 2 is 1.85 bits per heavy atom. The van der Waals surface area contributed by atoms with E-state index in [9.17, 15) is 14.0 Å². The van der Waals surface area contributed by atoms with Crippen LogP contribution in [0.5, 0.6) is 0 Å². The van der Waals surface area contributed by atoms with Gasteiger partial charge in [-0.25, -0.2) is 4.39 Å². The third-order valence-electron chi connectivity index (χ3n) is 4.55. The zero-order chi connectivity index (χ0) is 19.1. The summed E-state index contributed by atoms with van der Waals surface area (Å²) < 4.78 is 18.7. The third kappa shape index (κ3) is 5.37. The van der Waals surface area contributed by atoms with E-state index in [0.29, 0.717) is 44.6 Å². The van der Waals surface area contributed by atoms with Crippen LogP contribution in [-0.4, -0.2) is 43.0 Å². The van der Waals surface area contributed by atoms with Gasteiger partial charge in [0.25, 0.3) is 5.91 Å². The van der Waals surface area contributed by atoms with E-state index < -0.39 is 0 Å². The van der Waals surface area contributed by atoms with Gasteiger partial charge in [0.05, 0.1) is 13.2 Å². The Balaban J connectivity index is 1.41. The van der Waals surface area contributed by atoms with Crippen LogP contribution >= 0.6 is 0 Å². The Morgan fingerprint density at radius 3 is 2.59 bits per heavy atom. The standard InChI is InChI=1S/C21H23FN2O3/c22-18-10-8-17(9-11-18)21(26)23-12-4-7-20(25)24-13-14-27-19(15-24)16-5-2-1-3-6-16/h1-3,5-6,8-11,19H,4,7,12-15H2,(H,23,26). The number of hydrogen-bond acceptors (Lipinski definition) is 3. The fourth-order valence-corrected chi connectivity index (χ4v) is 3.05. The maximum Gasteiger partial charge on any atom is 0.251 e. The van der Waals surface area contributed by atoms with Crippen molar-refractivity contribution < 1.29 is 18.7 Å². The SMILES string of the molecule is O=C(NCCCC(=O)N1CCOC(c2ccccc2)C1)c1ccc(F)cc1. The van der Waals surface area contributed by atoms with Crippen LogP contribution in [-0.2, 0) is 9.53 Å². The molecule has 0 radical (unpaired) electrons. The number of carbonyl (C=O) groups excluding carboxylic acids is 2. The molecule has 2 aromatic carbocycles. The van der Waals surface area contributed by atoms with Crippen molar-refractivity contribution >= 4 is 11.8 Å². The number of rotatable bonds is 6. The van der Waals surface area contributed by atoms with Gasteiger partial charge in [-0.3, -0.25) is 9.59 Å². The maximum absolute atomic E-state index is 12.9. The molecule has 0 saturated carbocycles. The number of benzene rings is 2. The minimum absolute atomic E-state index is 0.0651. The van der Waals surface area contributed by atoms with Gasteiger partial charge in [0.2, 0.25) is 5.91 Å². The molecule has 2 amide bonds. The minimum atomic E-state index is -0.378. The molecule has 0 spiro atoms. The summed E-state index contributed by atoms with van der Waals surface area (Å²) in [4.78, 5) is 26.2. The monoisotopic (exact) mass is 370 g/mol. The van der Waals surface area contributed by atoms with Gasteiger partial charge in [-0.1, -0.05) is 30.3 Å². The molecule has 3 rings (SSSR count). The van der Waals surface area contributed by atoms with Crippen molar-refractivity contribution in [1.29, 1.82) is 0 Å². The van der Waals surface area contributed by atoms with Gasteiger partial charge in [-0.2, -0.15) is 0 Å². The molecule has 1 fully saturated rings. The summed E-state index contributed by atoms with van der Waals surface area (Å²) in [7, 11) is 0. The normalized spacial score (nSPS) is 16.8. The zero-order valence-electron chi connectivity index (χ0n) is 15.1. The number of nitrogens with zero attached hydrogens (tertiary/aromatic N) is 1. The second-order valence-electron chi connectivity index (χ2n) is 6.48. The molecule has 27 heavy (non-hydrogen) atoms. The van der Waals surface area contributed by atoms with E-state index in [1.807, 2.05) is 35.2 Å².